The van der Waals surface area contributed by atoms with Crippen molar-refractivity contribution in [1.82, 2.24) is 5.43 Å². The molecule has 1 unspecified atom stereocenters. The van der Waals surface area contributed by atoms with Gasteiger partial charge in [-0.3, -0.25) is 5.84 Å². The molecule has 1 atom stereocenters. The third-order valence-electron chi connectivity index (χ3n) is 3.28. The quantitative estimate of drug-likeness (QED) is 0.456. The van der Waals surface area contributed by atoms with Crippen molar-refractivity contribution in [3.05, 3.63) is 68.3 Å². The zero-order chi connectivity index (χ0) is 15.6. The molecule has 2 aromatic carbocycles. The molecule has 112 valence electrons. The van der Waals surface area contributed by atoms with E-state index in [0.717, 1.165) is 26.8 Å². The molecular weight excluding hydrogens is 392 g/mol. The van der Waals surface area contributed by atoms with Gasteiger partial charge in [-0.2, -0.15) is 13.2 Å². The lowest BCUT2D eigenvalue weighted by atomic mass is 9.94. The molecular formula is C15H14F3IN2. The van der Waals surface area contributed by atoms with Crippen molar-refractivity contribution in [2.75, 3.05) is 0 Å². The Morgan fingerprint density at radius 1 is 1.10 bits per heavy atom. The molecule has 0 radical (unpaired) electrons. The number of benzene rings is 2. The number of nitrogens with two attached hydrogens (primary N) is 1. The van der Waals surface area contributed by atoms with Gasteiger partial charge < -0.3 is 0 Å². The fourth-order valence-electron chi connectivity index (χ4n) is 2.20. The van der Waals surface area contributed by atoms with E-state index >= 15 is 0 Å². The topological polar surface area (TPSA) is 38.0 Å². The molecule has 0 bridgehead atoms. The van der Waals surface area contributed by atoms with Gasteiger partial charge in [-0.05, 0) is 70.5 Å². The minimum atomic E-state index is -4.34. The number of rotatable bonds is 3. The summed E-state index contributed by atoms with van der Waals surface area (Å²) in [7, 11) is 0. The largest absolute Gasteiger partial charge is 0.416 e. The van der Waals surface area contributed by atoms with Crippen molar-refractivity contribution in [2.45, 2.75) is 19.1 Å². The Bertz CT molecular complexity index is 624. The fraction of sp³-hybridized carbons (Fsp3) is 0.200. The van der Waals surface area contributed by atoms with E-state index in [2.05, 4.69) is 28.0 Å². The first-order chi connectivity index (χ1) is 9.82. The van der Waals surface area contributed by atoms with Crippen molar-refractivity contribution in [3.63, 3.8) is 0 Å². The van der Waals surface area contributed by atoms with Gasteiger partial charge >= 0.3 is 6.18 Å². The molecule has 21 heavy (non-hydrogen) atoms. The summed E-state index contributed by atoms with van der Waals surface area (Å²) in [5.41, 5.74) is 4.20. The maximum atomic E-state index is 12.7. The SMILES string of the molecule is Cc1cc(C(F)(F)F)ccc1C(NN)c1ccc(I)cc1. The van der Waals surface area contributed by atoms with Crippen LogP contribution in [0.1, 0.15) is 28.3 Å². The van der Waals surface area contributed by atoms with Gasteiger partial charge in [0, 0.05) is 3.57 Å². The van der Waals surface area contributed by atoms with Crippen LogP contribution in [0, 0.1) is 10.5 Å². The molecule has 2 nitrogen and oxygen atoms in total. The van der Waals surface area contributed by atoms with Gasteiger partial charge in [0.15, 0.2) is 0 Å². The van der Waals surface area contributed by atoms with E-state index in [1.165, 1.54) is 6.07 Å². The molecule has 2 rings (SSSR count). The second-order valence-corrected chi connectivity index (χ2v) is 5.97. The zero-order valence-corrected chi connectivity index (χ0v) is 13.4. The molecule has 2 aromatic rings. The van der Waals surface area contributed by atoms with Crippen molar-refractivity contribution in [1.29, 1.82) is 0 Å². The van der Waals surface area contributed by atoms with Crippen LogP contribution in [0.3, 0.4) is 0 Å². The average molecular weight is 406 g/mol. The van der Waals surface area contributed by atoms with Crippen LogP contribution in [0.5, 0.6) is 0 Å². The second kappa shape index (κ2) is 6.33. The fourth-order valence-corrected chi connectivity index (χ4v) is 2.56. The standard InChI is InChI=1S/C15H14F3IN2/c1-9-8-11(15(16,17)18)4-7-13(9)14(21-20)10-2-5-12(19)6-3-10/h2-8,14,21H,20H2,1H3. The van der Waals surface area contributed by atoms with Crippen LogP contribution in [0.25, 0.3) is 0 Å². The van der Waals surface area contributed by atoms with E-state index < -0.39 is 11.7 Å². The Morgan fingerprint density at radius 3 is 2.19 bits per heavy atom. The summed E-state index contributed by atoms with van der Waals surface area (Å²) in [4.78, 5) is 0. The highest BCUT2D eigenvalue weighted by atomic mass is 127. The highest BCUT2D eigenvalue weighted by Crippen LogP contribution is 2.33. The third-order valence-corrected chi connectivity index (χ3v) is 4.00. The van der Waals surface area contributed by atoms with E-state index in [1.54, 1.807) is 6.92 Å². The molecule has 0 aliphatic carbocycles. The Balaban J connectivity index is 2.41. The molecule has 0 saturated heterocycles. The molecule has 0 saturated carbocycles. The van der Waals surface area contributed by atoms with Crippen LogP contribution in [-0.4, -0.2) is 0 Å². The van der Waals surface area contributed by atoms with Crippen LogP contribution in [0.15, 0.2) is 42.5 Å². The summed E-state index contributed by atoms with van der Waals surface area (Å²) in [6, 6.07) is 11.0. The predicted molar refractivity (Wildman–Crippen MR) is 84.5 cm³/mol. The smallest absolute Gasteiger partial charge is 0.271 e. The van der Waals surface area contributed by atoms with Gasteiger partial charge in [-0.1, -0.05) is 18.2 Å². The Morgan fingerprint density at radius 2 is 1.71 bits per heavy atom. The van der Waals surface area contributed by atoms with E-state index in [1.807, 2.05) is 24.3 Å². The van der Waals surface area contributed by atoms with Crippen LogP contribution >= 0.6 is 22.6 Å². The van der Waals surface area contributed by atoms with Crippen molar-refractivity contribution >= 4 is 22.6 Å². The van der Waals surface area contributed by atoms with Gasteiger partial charge in [0.2, 0.25) is 0 Å². The number of aryl methyl sites for hydroxylation is 1. The first-order valence-electron chi connectivity index (χ1n) is 6.22. The number of hydrogen-bond donors (Lipinski definition) is 2. The molecule has 3 N–H and O–H groups in total. The van der Waals surface area contributed by atoms with Crippen LogP contribution < -0.4 is 11.3 Å². The molecule has 0 amide bonds. The lowest BCUT2D eigenvalue weighted by Gasteiger charge is -2.20. The first-order valence-corrected chi connectivity index (χ1v) is 7.30. The molecule has 6 heteroatoms. The molecule has 0 fully saturated rings. The summed E-state index contributed by atoms with van der Waals surface area (Å²) in [6.45, 7) is 1.65. The Kier molecular flexibility index (Phi) is 4.90. The molecule has 0 heterocycles. The maximum Gasteiger partial charge on any atom is 0.416 e. The number of hydrazine groups is 1. The van der Waals surface area contributed by atoms with E-state index in [9.17, 15) is 13.2 Å². The summed E-state index contributed by atoms with van der Waals surface area (Å²) < 4.78 is 39.2. The van der Waals surface area contributed by atoms with E-state index in [0.29, 0.717) is 5.56 Å². The molecule has 0 aliphatic rings. The minimum Gasteiger partial charge on any atom is -0.271 e. The second-order valence-electron chi connectivity index (χ2n) is 4.72. The van der Waals surface area contributed by atoms with Gasteiger partial charge in [-0.15, -0.1) is 0 Å². The Labute approximate surface area is 134 Å². The van der Waals surface area contributed by atoms with Crippen molar-refractivity contribution in [2.24, 2.45) is 5.84 Å². The summed E-state index contributed by atoms with van der Waals surface area (Å²) >= 11 is 2.19. The minimum absolute atomic E-state index is 0.343. The van der Waals surface area contributed by atoms with E-state index in [-0.39, 0.29) is 6.04 Å². The molecule has 0 spiro atoms. The molecule has 0 aliphatic heterocycles. The van der Waals surface area contributed by atoms with Crippen molar-refractivity contribution < 1.29 is 13.2 Å². The first kappa shape index (κ1) is 16.3. The lowest BCUT2D eigenvalue weighted by Crippen LogP contribution is -2.29. The van der Waals surface area contributed by atoms with Gasteiger partial charge in [0.25, 0.3) is 0 Å². The monoisotopic (exact) mass is 406 g/mol. The van der Waals surface area contributed by atoms with Crippen LogP contribution in [0.4, 0.5) is 13.2 Å². The number of hydrogen-bond acceptors (Lipinski definition) is 2. The highest BCUT2D eigenvalue weighted by Gasteiger charge is 2.31. The third kappa shape index (κ3) is 3.75. The van der Waals surface area contributed by atoms with Gasteiger partial charge in [0.05, 0.1) is 11.6 Å². The van der Waals surface area contributed by atoms with Crippen LogP contribution in [0.2, 0.25) is 0 Å². The predicted octanol–water partition coefficient (Wildman–Crippen LogP) is 4.17. The highest BCUT2D eigenvalue weighted by molar-refractivity contribution is 14.1. The summed E-state index contributed by atoms with van der Waals surface area (Å²) in [5, 5.41) is 0. The lowest BCUT2D eigenvalue weighted by molar-refractivity contribution is -0.137. The van der Waals surface area contributed by atoms with Crippen molar-refractivity contribution in [3.8, 4) is 0 Å². The van der Waals surface area contributed by atoms with E-state index in [4.69, 9.17) is 5.84 Å². The average Bonchev–Trinajstić information content (AvgIpc) is 2.42. The summed E-state index contributed by atoms with van der Waals surface area (Å²) in [6.07, 6.45) is -4.34. The number of nitrogens with one attached hydrogen (secondary N) is 1. The Hall–Kier alpha value is -1.12. The zero-order valence-electron chi connectivity index (χ0n) is 11.2. The molecule has 0 aromatic heterocycles. The van der Waals surface area contributed by atoms with Gasteiger partial charge in [-0.25, -0.2) is 5.43 Å². The maximum absolute atomic E-state index is 12.7. The normalized spacial score (nSPS) is 13.2. The van der Waals surface area contributed by atoms with Gasteiger partial charge in [0.1, 0.15) is 0 Å². The summed E-state index contributed by atoms with van der Waals surface area (Å²) in [5.74, 6) is 5.59. The number of halogens is 4. The van der Waals surface area contributed by atoms with Crippen LogP contribution in [-0.2, 0) is 6.18 Å². The number of alkyl halides is 3.